The topological polar surface area (TPSA) is 150 Å². The molecule has 0 aromatic rings. The second-order valence-corrected chi connectivity index (χ2v) is 14.4. The van der Waals surface area contributed by atoms with Gasteiger partial charge in [-0.3, -0.25) is 19.2 Å². The van der Waals surface area contributed by atoms with E-state index < -0.39 is 59.0 Å². The van der Waals surface area contributed by atoms with Crippen molar-refractivity contribution in [1.82, 2.24) is 20.9 Å². The Morgan fingerprint density at radius 3 is 2.44 bits per heavy atom. The molecule has 248 valence electrons. The summed E-state index contributed by atoms with van der Waals surface area (Å²) in [7, 11) is 1.56. The van der Waals surface area contributed by atoms with Crippen LogP contribution in [0.15, 0.2) is 0 Å². The molecule has 4 amide bonds. The van der Waals surface area contributed by atoms with Gasteiger partial charge in [-0.25, -0.2) is 0 Å². The number of likely N-dealkylation sites (tertiary alicyclic amines) is 1. The van der Waals surface area contributed by atoms with Gasteiger partial charge in [-0.2, -0.15) is 18.4 Å². The number of nitriles is 1. The van der Waals surface area contributed by atoms with Gasteiger partial charge < -0.3 is 30.3 Å². The van der Waals surface area contributed by atoms with Crippen LogP contribution in [-0.2, 0) is 28.7 Å². The molecule has 2 heterocycles. The second-order valence-electron chi connectivity index (χ2n) is 14.4. The Kier molecular flexibility index (Phi) is 8.56. The number of alkyl halides is 3. The van der Waals surface area contributed by atoms with E-state index in [2.05, 4.69) is 22.0 Å². The van der Waals surface area contributed by atoms with Gasteiger partial charge in [-0.15, -0.1) is 0 Å². The van der Waals surface area contributed by atoms with E-state index in [0.29, 0.717) is 64.7 Å². The average Bonchev–Trinajstić information content (AvgIpc) is 3.70. The van der Waals surface area contributed by atoms with Gasteiger partial charge in [0.2, 0.25) is 17.7 Å². The molecule has 0 aromatic carbocycles. The Bertz CT molecular complexity index is 1240. The molecule has 0 radical (unpaired) electrons. The highest BCUT2D eigenvalue weighted by Gasteiger charge is 2.64. The van der Waals surface area contributed by atoms with Crippen molar-refractivity contribution in [2.24, 2.45) is 29.1 Å². The maximum absolute atomic E-state index is 14.7. The van der Waals surface area contributed by atoms with E-state index in [1.54, 1.807) is 7.11 Å². The maximum atomic E-state index is 14.7. The van der Waals surface area contributed by atoms with Gasteiger partial charge in [0.05, 0.1) is 24.9 Å². The minimum absolute atomic E-state index is 0.129. The number of hydrogen-bond acceptors (Lipinski definition) is 7. The summed E-state index contributed by atoms with van der Waals surface area (Å²) in [5, 5.41) is 17.4. The van der Waals surface area contributed by atoms with Crippen LogP contribution in [0.2, 0.25) is 0 Å². The minimum atomic E-state index is -5.19. The van der Waals surface area contributed by atoms with E-state index in [-0.39, 0.29) is 36.1 Å². The minimum Gasteiger partial charge on any atom is -0.382 e. The highest BCUT2D eigenvalue weighted by molar-refractivity contribution is 5.95. The number of fused-ring (bicyclic) bond motifs is 2. The number of nitrogens with zero attached hydrogens (tertiary/aromatic N) is 2. The molecule has 11 nitrogen and oxygen atoms in total. The number of piperidine rings is 1. The summed E-state index contributed by atoms with van der Waals surface area (Å²) in [6, 6.07) is -1.72. The van der Waals surface area contributed by atoms with Gasteiger partial charge in [-0.1, -0.05) is 0 Å². The number of carbonyl (C=O) groups is 4. The predicted molar refractivity (Wildman–Crippen MR) is 151 cm³/mol. The van der Waals surface area contributed by atoms with Gasteiger partial charge in [-0.05, 0) is 88.4 Å². The van der Waals surface area contributed by atoms with Gasteiger partial charge in [0, 0.05) is 31.0 Å². The first-order valence-electron chi connectivity index (χ1n) is 16.2. The second kappa shape index (κ2) is 12.0. The Labute approximate surface area is 260 Å². The van der Waals surface area contributed by atoms with Crippen LogP contribution >= 0.6 is 0 Å². The standard InChI is InChI=1S/C31H42F3N5O6/c1-44-6-7-45-30-13-17-8-18(14-30)12-29(11-17,16-30)24(38-28(43)31(32,33)34)27(42)39-22-3-2-19(10-22)23(39)26(41)37-21(15-35)9-20-4-5-36-25(20)40/h17-24H,2-14,16H2,1H3,(H,36,40)(H,37,41)(H,38,43)/t17?,18?,19-,20-,21-,22+,23-,24+,29?,30?/m0/s1. The largest absolute Gasteiger partial charge is 0.471 e. The van der Waals surface area contributed by atoms with E-state index in [1.165, 1.54) is 4.90 Å². The first kappa shape index (κ1) is 32.0. The number of hydrogen-bond donors (Lipinski definition) is 3. The van der Waals surface area contributed by atoms with E-state index in [1.807, 2.05) is 0 Å². The number of nitrogens with one attached hydrogen (secondary N) is 3. The van der Waals surface area contributed by atoms with Crippen LogP contribution in [0.5, 0.6) is 0 Å². The summed E-state index contributed by atoms with van der Waals surface area (Å²) in [6.45, 7) is 1.18. The maximum Gasteiger partial charge on any atom is 0.471 e. The molecule has 3 N–H and O–H groups in total. The summed E-state index contributed by atoms with van der Waals surface area (Å²) in [6.07, 6.45) is 0.995. The predicted octanol–water partition coefficient (Wildman–Crippen LogP) is 1.95. The third kappa shape index (κ3) is 6.02. The lowest BCUT2D eigenvalue weighted by molar-refractivity contribution is -0.209. The van der Waals surface area contributed by atoms with E-state index in [0.717, 1.165) is 19.3 Å². The smallest absolute Gasteiger partial charge is 0.382 e. The van der Waals surface area contributed by atoms with E-state index in [9.17, 15) is 37.6 Å². The van der Waals surface area contributed by atoms with Gasteiger partial charge in [0.15, 0.2) is 0 Å². The van der Waals surface area contributed by atoms with Gasteiger partial charge in [0.25, 0.3) is 0 Å². The number of carbonyl (C=O) groups excluding carboxylic acids is 4. The summed E-state index contributed by atoms with van der Waals surface area (Å²) >= 11 is 0. The molecule has 2 unspecified atom stereocenters. The van der Waals surface area contributed by atoms with E-state index >= 15 is 0 Å². The zero-order chi connectivity index (χ0) is 32.1. The summed E-state index contributed by atoms with van der Waals surface area (Å²) in [4.78, 5) is 54.5. The normalized spacial score (nSPS) is 37.7. The highest BCUT2D eigenvalue weighted by Crippen LogP contribution is 2.64. The van der Waals surface area contributed by atoms with Crippen LogP contribution in [0.3, 0.4) is 0 Å². The summed E-state index contributed by atoms with van der Waals surface area (Å²) in [5.74, 6) is -3.91. The molecule has 2 saturated heterocycles. The number of rotatable bonds is 11. The molecule has 0 spiro atoms. The zero-order valence-electron chi connectivity index (χ0n) is 25.5. The molecule has 7 fully saturated rings. The number of amides is 4. The van der Waals surface area contributed by atoms with Gasteiger partial charge >= 0.3 is 12.1 Å². The van der Waals surface area contributed by atoms with Crippen LogP contribution in [0.25, 0.3) is 0 Å². The van der Waals surface area contributed by atoms with Crippen LogP contribution < -0.4 is 16.0 Å². The molecule has 5 aliphatic carbocycles. The van der Waals surface area contributed by atoms with Crippen LogP contribution in [0.1, 0.15) is 70.6 Å². The number of methoxy groups -OCH3 is 1. The van der Waals surface area contributed by atoms with Crippen LogP contribution in [0, 0.1) is 40.4 Å². The van der Waals surface area contributed by atoms with Crippen molar-refractivity contribution < 1.29 is 41.8 Å². The molecule has 2 aliphatic heterocycles. The molecule has 7 rings (SSSR count). The molecule has 7 aliphatic rings. The highest BCUT2D eigenvalue weighted by atomic mass is 19.4. The summed E-state index contributed by atoms with van der Waals surface area (Å²) < 4.78 is 52.7. The van der Waals surface area contributed by atoms with Crippen molar-refractivity contribution in [3.05, 3.63) is 0 Å². The Morgan fingerprint density at radius 1 is 1.09 bits per heavy atom. The van der Waals surface area contributed by atoms with Crippen molar-refractivity contribution in [1.29, 1.82) is 5.26 Å². The van der Waals surface area contributed by atoms with E-state index in [4.69, 9.17) is 9.47 Å². The molecular weight excluding hydrogens is 595 g/mol. The quantitative estimate of drug-likeness (QED) is 0.293. The molecule has 6 bridgehead atoms. The van der Waals surface area contributed by atoms with Crippen molar-refractivity contribution in [2.45, 2.75) is 107 Å². The first-order valence-corrected chi connectivity index (χ1v) is 16.2. The first-order chi connectivity index (χ1) is 21.4. The molecule has 8 atom stereocenters. The lowest BCUT2D eigenvalue weighted by Crippen LogP contribution is -2.69. The van der Waals surface area contributed by atoms with Crippen LogP contribution in [0.4, 0.5) is 13.2 Å². The Balaban J connectivity index is 1.28. The zero-order valence-corrected chi connectivity index (χ0v) is 25.5. The fourth-order valence-electron chi connectivity index (χ4n) is 10.1. The molecule has 14 heteroatoms. The third-order valence-electron chi connectivity index (χ3n) is 11.4. The molecule has 5 saturated carbocycles. The number of halogens is 3. The van der Waals surface area contributed by atoms with Crippen molar-refractivity contribution in [3.63, 3.8) is 0 Å². The Hall–Kier alpha value is -2.92. The fraction of sp³-hybridized carbons (Fsp3) is 0.839. The van der Waals surface area contributed by atoms with Crippen molar-refractivity contribution in [3.8, 4) is 6.07 Å². The van der Waals surface area contributed by atoms with Gasteiger partial charge in [0.1, 0.15) is 18.1 Å². The lowest BCUT2D eigenvalue weighted by Gasteiger charge is -2.63. The SMILES string of the molecule is COCCOC12CC3CC(C1)CC([C@H](NC(=O)C(F)(F)F)C(=O)N1[C@@H]4CC[C@@H](C4)[C@H]1C(=O)N[C@H](C#N)C[C@@H]1CCNC1=O)(C3)C2. The summed E-state index contributed by atoms with van der Waals surface area (Å²) in [5.41, 5.74) is -1.57. The van der Waals surface area contributed by atoms with Crippen molar-refractivity contribution in [2.75, 3.05) is 26.9 Å². The third-order valence-corrected chi connectivity index (χ3v) is 11.4. The molecular formula is C31H42F3N5O6. The molecule has 0 aromatic heterocycles. The Morgan fingerprint density at radius 2 is 1.82 bits per heavy atom. The molecule has 45 heavy (non-hydrogen) atoms. The number of ether oxygens (including phenoxy) is 2. The average molecular weight is 638 g/mol. The van der Waals surface area contributed by atoms with Crippen molar-refractivity contribution >= 4 is 23.6 Å². The van der Waals surface area contributed by atoms with Crippen LogP contribution in [-0.4, -0.2) is 91.3 Å². The lowest BCUT2D eigenvalue weighted by atomic mass is 9.46. The fourth-order valence-corrected chi connectivity index (χ4v) is 10.1. The monoisotopic (exact) mass is 637 g/mol.